The van der Waals surface area contributed by atoms with E-state index in [4.69, 9.17) is 12.2 Å². The third kappa shape index (κ3) is 5.21. The first-order valence-electron chi connectivity index (χ1n) is 10.4. The molecule has 3 rings (SSSR count). The Morgan fingerprint density at radius 3 is 2.08 bits per heavy atom. The Morgan fingerprint density at radius 2 is 1.54 bits per heavy atom. The van der Waals surface area contributed by atoms with E-state index in [0.29, 0.717) is 4.09 Å². The molecule has 19 heteroatoms. The normalized spacial score (nSPS) is 12.3. The van der Waals surface area contributed by atoms with Crippen LogP contribution in [0.4, 0.5) is 11.5 Å². The van der Waals surface area contributed by atoms with Gasteiger partial charge in [-0.15, -0.1) is 0 Å². The van der Waals surface area contributed by atoms with Crippen LogP contribution in [-0.4, -0.2) is 99.2 Å². The molecule has 202 valence electrons. The summed E-state index contributed by atoms with van der Waals surface area (Å²) in [6, 6.07) is 2.66. The second-order valence-corrected chi connectivity index (χ2v) is 12.4. The highest BCUT2D eigenvalue weighted by Crippen LogP contribution is 2.19. The maximum atomic E-state index is 13.0. The molecule has 3 aromatic rings. The average molecular weight is 575 g/mol. The Bertz CT molecular complexity index is 1630. The Balaban J connectivity index is 1.88. The molecule has 0 aliphatic rings. The maximum absolute atomic E-state index is 13.0. The largest absolute Gasteiger partial charge is 0.381 e. The standard InChI is InChI=1S/C18H26N10O6S3/c1-19-14-16(20-17(35)15(29)13-8-10-28(22-13)37(33,34)24(4)5)25(6)26(18(14)30)11-12-7-9-27(21-12)36(31,32)23(2)3/h7-10,19H,11H2,1-6H3,(H,20,35). The van der Waals surface area contributed by atoms with Crippen molar-refractivity contribution in [3.8, 4) is 0 Å². The summed E-state index contributed by atoms with van der Waals surface area (Å²) in [5.74, 6) is -0.621. The lowest BCUT2D eigenvalue weighted by atomic mass is 10.3. The van der Waals surface area contributed by atoms with Crippen molar-refractivity contribution < 1.29 is 21.6 Å². The van der Waals surface area contributed by atoms with Crippen LogP contribution in [0.15, 0.2) is 29.3 Å². The number of anilines is 2. The number of hydrogen-bond donors (Lipinski definition) is 2. The zero-order valence-electron chi connectivity index (χ0n) is 20.8. The minimum Gasteiger partial charge on any atom is -0.381 e. The van der Waals surface area contributed by atoms with Gasteiger partial charge in [0.1, 0.15) is 11.4 Å². The first kappa shape index (κ1) is 28.2. The molecule has 3 aromatic heterocycles. The molecule has 2 N–H and O–H groups in total. The summed E-state index contributed by atoms with van der Waals surface area (Å²) in [6.07, 6.45) is 2.38. The molecular formula is C18H26N10O6S3. The van der Waals surface area contributed by atoms with Crippen molar-refractivity contribution in [2.24, 2.45) is 7.05 Å². The summed E-state index contributed by atoms with van der Waals surface area (Å²) in [7, 11) is 0.665. The van der Waals surface area contributed by atoms with Gasteiger partial charge in [0.05, 0.1) is 12.2 Å². The second kappa shape index (κ2) is 10.2. The van der Waals surface area contributed by atoms with Gasteiger partial charge in [-0.05, 0) is 12.1 Å². The van der Waals surface area contributed by atoms with Crippen molar-refractivity contribution >= 4 is 54.9 Å². The molecule has 0 aromatic carbocycles. The quantitative estimate of drug-likeness (QED) is 0.215. The van der Waals surface area contributed by atoms with E-state index in [2.05, 4.69) is 20.8 Å². The lowest BCUT2D eigenvalue weighted by Gasteiger charge is -2.12. The van der Waals surface area contributed by atoms with Gasteiger partial charge in [-0.1, -0.05) is 12.2 Å². The van der Waals surface area contributed by atoms with Gasteiger partial charge in [0.2, 0.25) is 5.78 Å². The maximum Gasteiger partial charge on any atom is 0.322 e. The number of nitrogens with zero attached hydrogens (tertiary/aromatic N) is 8. The third-order valence-corrected chi connectivity index (χ3v) is 8.67. The van der Waals surface area contributed by atoms with Crippen molar-refractivity contribution in [3.63, 3.8) is 0 Å². The zero-order chi connectivity index (χ0) is 27.9. The monoisotopic (exact) mass is 574 g/mol. The van der Waals surface area contributed by atoms with E-state index in [1.165, 1.54) is 70.0 Å². The molecule has 0 spiro atoms. The van der Waals surface area contributed by atoms with E-state index < -0.39 is 31.8 Å². The van der Waals surface area contributed by atoms with Crippen LogP contribution in [0.25, 0.3) is 0 Å². The highest BCUT2D eigenvalue weighted by atomic mass is 32.2. The van der Waals surface area contributed by atoms with Crippen LogP contribution in [-0.2, 0) is 34.0 Å². The second-order valence-electron chi connectivity index (χ2n) is 7.98. The minimum atomic E-state index is -3.92. The fourth-order valence-electron chi connectivity index (χ4n) is 3.08. The molecule has 0 saturated carbocycles. The van der Waals surface area contributed by atoms with Crippen LogP contribution in [0, 0.1) is 0 Å². The van der Waals surface area contributed by atoms with Crippen LogP contribution in [0.2, 0.25) is 0 Å². The summed E-state index contributed by atoms with van der Waals surface area (Å²) in [4.78, 5) is 25.5. The van der Waals surface area contributed by atoms with E-state index in [9.17, 15) is 26.4 Å². The molecule has 3 heterocycles. The third-order valence-electron chi connectivity index (χ3n) is 5.19. The number of rotatable bonds is 10. The fraction of sp³-hybridized carbons (Fsp3) is 0.389. The van der Waals surface area contributed by atoms with Gasteiger partial charge in [-0.3, -0.25) is 14.3 Å². The Hall–Kier alpha value is -3.39. The summed E-state index contributed by atoms with van der Waals surface area (Å²) < 4.78 is 55.0. The van der Waals surface area contributed by atoms with Crippen molar-refractivity contribution in [1.29, 1.82) is 0 Å². The van der Waals surface area contributed by atoms with Crippen LogP contribution >= 0.6 is 12.2 Å². The van der Waals surface area contributed by atoms with E-state index in [1.807, 2.05) is 0 Å². The van der Waals surface area contributed by atoms with Crippen LogP contribution in [0.3, 0.4) is 0 Å². The first-order chi connectivity index (χ1) is 17.1. The first-order valence-corrected chi connectivity index (χ1v) is 13.6. The van der Waals surface area contributed by atoms with Crippen LogP contribution < -0.4 is 16.2 Å². The number of carbonyl (C=O) groups is 1. The highest BCUT2D eigenvalue weighted by Gasteiger charge is 2.25. The SMILES string of the molecule is CNc1c(NC(=S)C(=O)c2ccn(S(=O)(=O)N(C)C)n2)n(C)n(Cc2ccn(S(=O)(=O)N(C)C)n2)c1=O. The molecule has 0 aliphatic heterocycles. The van der Waals surface area contributed by atoms with Gasteiger partial charge >= 0.3 is 20.4 Å². The highest BCUT2D eigenvalue weighted by molar-refractivity contribution is 7.87. The number of nitrogens with one attached hydrogen (secondary N) is 2. The summed E-state index contributed by atoms with van der Waals surface area (Å²) >= 11 is 5.20. The molecule has 0 bridgehead atoms. The van der Waals surface area contributed by atoms with Gasteiger partial charge in [0.15, 0.2) is 10.8 Å². The van der Waals surface area contributed by atoms with Crippen molar-refractivity contribution in [1.82, 2.24) is 36.3 Å². The number of thiocarbonyl (C=S) groups is 1. The van der Waals surface area contributed by atoms with E-state index >= 15 is 0 Å². The molecule has 0 aliphatic carbocycles. The van der Waals surface area contributed by atoms with Crippen LogP contribution in [0.1, 0.15) is 16.2 Å². The summed E-state index contributed by atoms with van der Waals surface area (Å²) in [6.45, 7) is -0.0881. The van der Waals surface area contributed by atoms with Crippen LogP contribution in [0.5, 0.6) is 0 Å². The molecule has 16 nitrogen and oxygen atoms in total. The van der Waals surface area contributed by atoms with E-state index in [-0.39, 0.29) is 34.4 Å². The molecular weight excluding hydrogens is 548 g/mol. The molecule has 0 unspecified atom stereocenters. The van der Waals surface area contributed by atoms with E-state index in [0.717, 1.165) is 18.9 Å². The van der Waals surface area contributed by atoms with E-state index in [1.54, 1.807) is 0 Å². The predicted octanol–water partition coefficient (Wildman–Crippen LogP) is -1.40. The molecule has 37 heavy (non-hydrogen) atoms. The lowest BCUT2D eigenvalue weighted by molar-refractivity contribution is 0.106. The molecule has 0 radical (unpaired) electrons. The number of hydrogen-bond acceptors (Lipinski definition) is 10. The van der Waals surface area contributed by atoms with Gasteiger partial charge in [0.25, 0.3) is 5.56 Å². The molecule has 0 amide bonds. The van der Waals surface area contributed by atoms with Gasteiger partial charge < -0.3 is 10.6 Å². The number of aromatic nitrogens is 6. The number of Topliss-reactive ketones (excluding diaryl/α,β-unsaturated/α-hetero) is 1. The van der Waals surface area contributed by atoms with Gasteiger partial charge in [0, 0.05) is 54.7 Å². The molecule has 0 saturated heterocycles. The Kier molecular flexibility index (Phi) is 7.75. The molecule has 0 atom stereocenters. The number of carbonyl (C=O) groups excluding carboxylic acids is 1. The van der Waals surface area contributed by atoms with Crippen molar-refractivity contribution in [2.45, 2.75) is 6.54 Å². The summed E-state index contributed by atoms with van der Waals surface area (Å²) in [5.41, 5.74) is -0.340. The average Bonchev–Trinajstić information content (AvgIpc) is 3.55. The van der Waals surface area contributed by atoms with Gasteiger partial charge in [-0.25, -0.2) is 4.68 Å². The molecule has 0 fully saturated rings. The zero-order valence-corrected chi connectivity index (χ0v) is 23.2. The lowest BCUT2D eigenvalue weighted by Crippen LogP contribution is -2.30. The summed E-state index contributed by atoms with van der Waals surface area (Å²) in [5, 5.41) is 13.3. The van der Waals surface area contributed by atoms with Crippen molar-refractivity contribution in [2.75, 3.05) is 45.9 Å². The smallest absolute Gasteiger partial charge is 0.322 e. The Labute approximate surface area is 218 Å². The van der Waals surface area contributed by atoms with Gasteiger partial charge in [-0.2, -0.15) is 43.8 Å². The van der Waals surface area contributed by atoms with Crippen molar-refractivity contribution in [3.05, 3.63) is 46.3 Å². The fourth-order valence-corrected chi connectivity index (χ4v) is 4.78. The predicted molar refractivity (Wildman–Crippen MR) is 139 cm³/mol. The Morgan fingerprint density at radius 1 is 1.00 bits per heavy atom. The topological polar surface area (TPSA) is 178 Å². The minimum absolute atomic E-state index is 0.0821. The number of ketones is 1.